The Labute approximate surface area is 179 Å². The Hall–Kier alpha value is -3.64. The highest BCUT2D eigenvalue weighted by Gasteiger charge is 2.12. The predicted molar refractivity (Wildman–Crippen MR) is 130 cm³/mol. The fourth-order valence-corrected chi connectivity index (χ4v) is 3.70. The summed E-state index contributed by atoms with van der Waals surface area (Å²) in [6, 6.07) is 39.7. The molecule has 0 aliphatic heterocycles. The minimum Gasteiger partial charge on any atom is -0.0795 e. The lowest BCUT2D eigenvalue weighted by Gasteiger charge is -2.00. The molecule has 0 heterocycles. The predicted octanol–water partition coefficient (Wildman–Crippen LogP) is 7.73. The van der Waals surface area contributed by atoms with Crippen molar-refractivity contribution >= 4 is 17.7 Å². The molecule has 146 valence electrons. The van der Waals surface area contributed by atoms with Gasteiger partial charge < -0.3 is 0 Å². The van der Waals surface area contributed by atoms with E-state index in [1.165, 1.54) is 33.4 Å². The molecule has 30 heavy (non-hydrogen) atoms. The standard InChI is InChI=1S/C15H12.C9H8.C6H6/c1-2-6-12(7-3-1)15-10-13-8-4-5-9-14(13)11-15;1-2-5-9-7-3-6-8(9)4-1;1-2-4-6-5-3-1/h1-10H,11H2;1-6H,7H2;1-6H. The Morgan fingerprint density at radius 2 is 1.00 bits per heavy atom. The van der Waals surface area contributed by atoms with Crippen molar-refractivity contribution in [1.82, 2.24) is 0 Å². The first-order chi connectivity index (χ1) is 14.9. The molecule has 0 fully saturated rings. The molecule has 0 nitrogen and oxygen atoms in total. The van der Waals surface area contributed by atoms with Crippen molar-refractivity contribution in [2.24, 2.45) is 0 Å². The van der Waals surface area contributed by atoms with Crippen LogP contribution in [0.25, 0.3) is 17.7 Å². The van der Waals surface area contributed by atoms with E-state index in [-0.39, 0.29) is 0 Å². The highest BCUT2D eigenvalue weighted by Crippen LogP contribution is 2.30. The summed E-state index contributed by atoms with van der Waals surface area (Å²) in [4.78, 5) is 0. The van der Waals surface area contributed by atoms with Crippen LogP contribution >= 0.6 is 0 Å². The quantitative estimate of drug-likeness (QED) is 0.314. The van der Waals surface area contributed by atoms with E-state index in [1.54, 1.807) is 0 Å². The highest BCUT2D eigenvalue weighted by atomic mass is 14.2. The Morgan fingerprint density at radius 3 is 1.63 bits per heavy atom. The zero-order chi connectivity index (χ0) is 20.4. The zero-order valence-corrected chi connectivity index (χ0v) is 17.1. The molecule has 0 heteroatoms. The fourth-order valence-electron chi connectivity index (χ4n) is 3.70. The number of fused-ring (bicyclic) bond motifs is 2. The van der Waals surface area contributed by atoms with Crippen molar-refractivity contribution in [3.8, 4) is 0 Å². The van der Waals surface area contributed by atoms with Crippen LogP contribution in [-0.2, 0) is 12.8 Å². The Balaban J connectivity index is 0.000000123. The highest BCUT2D eigenvalue weighted by molar-refractivity contribution is 5.88. The number of benzene rings is 4. The van der Waals surface area contributed by atoms with Crippen LogP contribution in [0.15, 0.2) is 121 Å². The first kappa shape index (κ1) is 19.7. The normalized spacial score (nSPS) is 12.5. The SMILES string of the molecule is C1=C(c2ccccc2)Cc2ccccc21.C1=Cc2ccccc2C1.c1ccccc1. The van der Waals surface area contributed by atoms with Crippen LogP contribution in [0.4, 0.5) is 0 Å². The summed E-state index contributed by atoms with van der Waals surface area (Å²) in [5.74, 6) is 0. The van der Waals surface area contributed by atoms with Gasteiger partial charge in [0, 0.05) is 0 Å². The molecule has 2 aliphatic carbocycles. The average molecular weight is 387 g/mol. The molecule has 4 aromatic carbocycles. The first-order valence-corrected chi connectivity index (χ1v) is 10.5. The molecule has 4 aromatic rings. The summed E-state index contributed by atoms with van der Waals surface area (Å²) in [7, 11) is 0. The van der Waals surface area contributed by atoms with E-state index < -0.39 is 0 Å². The van der Waals surface area contributed by atoms with Gasteiger partial charge >= 0.3 is 0 Å². The van der Waals surface area contributed by atoms with E-state index in [9.17, 15) is 0 Å². The van der Waals surface area contributed by atoms with Crippen LogP contribution in [0.1, 0.15) is 27.8 Å². The third kappa shape index (κ3) is 5.24. The second-order valence-electron chi connectivity index (χ2n) is 7.37. The van der Waals surface area contributed by atoms with Crippen molar-refractivity contribution in [2.75, 3.05) is 0 Å². The fraction of sp³-hybridized carbons (Fsp3) is 0.0667. The third-order valence-corrected chi connectivity index (χ3v) is 5.27. The van der Waals surface area contributed by atoms with Crippen LogP contribution in [0.3, 0.4) is 0 Å². The smallest absolute Gasteiger partial charge is 0.00137 e. The van der Waals surface area contributed by atoms with Crippen molar-refractivity contribution in [2.45, 2.75) is 12.8 Å². The van der Waals surface area contributed by atoms with Gasteiger partial charge in [0.25, 0.3) is 0 Å². The van der Waals surface area contributed by atoms with Gasteiger partial charge in [-0.2, -0.15) is 0 Å². The van der Waals surface area contributed by atoms with E-state index in [4.69, 9.17) is 0 Å². The van der Waals surface area contributed by atoms with Gasteiger partial charge in [0.05, 0.1) is 0 Å². The van der Waals surface area contributed by atoms with E-state index in [2.05, 4.69) is 97.1 Å². The molecular formula is C30H26. The van der Waals surface area contributed by atoms with E-state index >= 15 is 0 Å². The molecule has 0 N–H and O–H groups in total. The maximum Gasteiger partial charge on any atom is -0.00137 e. The van der Waals surface area contributed by atoms with Crippen LogP contribution in [0.5, 0.6) is 0 Å². The number of hydrogen-bond donors (Lipinski definition) is 0. The van der Waals surface area contributed by atoms with Crippen molar-refractivity contribution in [3.05, 3.63) is 149 Å². The van der Waals surface area contributed by atoms with E-state index in [0.717, 1.165) is 12.8 Å². The van der Waals surface area contributed by atoms with Gasteiger partial charge in [0.15, 0.2) is 0 Å². The lowest BCUT2D eigenvalue weighted by molar-refractivity contribution is 1.31. The molecule has 0 spiro atoms. The summed E-state index contributed by atoms with van der Waals surface area (Å²) in [6.45, 7) is 0. The van der Waals surface area contributed by atoms with Gasteiger partial charge in [0.1, 0.15) is 0 Å². The molecule has 6 rings (SSSR count). The van der Waals surface area contributed by atoms with Crippen molar-refractivity contribution in [3.63, 3.8) is 0 Å². The third-order valence-electron chi connectivity index (χ3n) is 5.27. The van der Waals surface area contributed by atoms with Crippen LogP contribution in [-0.4, -0.2) is 0 Å². The Kier molecular flexibility index (Phi) is 6.70. The van der Waals surface area contributed by atoms with Gasteiger partial charge in [-0.15, -0.1) is 0 Å². The maximum atomic E-state index is 2.30. The summed E-state index contributed by atoms with van der Waals surface area (Å²) < 4.78 is 0. The zero-order valence-electron chi connectivity index (χ0n) is 17.1. The number of rotatable bonds is 1. The molecular weight excluding hydrogens is 360 g/mol. The van der Waals surface area contributed by atoms with Gasteiger partial charge in [-0.1, -0.05) is 133 Å². The summed E-state index contributed by atoms with van der Waals surface area (Å²) in [5, 5.41) is 0. The minimum atomic E-state index is 1.07. The van der Waals surface area contributed by atoms with Gasteiger partial charge in [0.2, 0.25) is 0 Å². The molecule has 0 radical (unpaired) electrons. The monoisotopic (exact) mass is 386 g/mol. The topological polar surface area (TPSA) is 0 Å². The second kappa shape index (κ2) is 10.2. The number of allylic oxidation sites excluding steroid dienone is 2. The van der Waals surface area contributed by atoms with Crippen LogP contribution in [0.2, 0.25) is 0 Å². The van der Waals surface area contributed by atoms with Gasteiger partial charge in [-0.05, 0) is 46.2 Å². The van der Waals surface area contributed by atoms with E-state index in [1.807, 2.05) is 36.4 Å². The molecule has 0 amide bonds. The lowest BCUT2D eigenvalue weighted by atomic mass is 10.0. The summed E-state index contributed by atoms with van der Waals surface area (Å²) in [5.41, 5.74) is 8.42. The largest absolute Gasteiger partial charge is 0.0795 e. The van der Waals surface area contributed by atoms with Crippen LogP contribution in [0, 0.1) is 0 Å². The molecule has 0 bridgehead atoms. The van der Waals surface area contributed by atoms with Crippen LogP contribution < -0.4 is 0 Å². The summed E-state index contributed by atoms with van der Waals surface area (Å²) in [6.07, 6.45) is 8.86. The molecule has 0 unspecified atom stereocenters. The second-order valence-corrected chi connectivity index (χ2v) is 7.37. The van der Waals surface area contributed by atoms with Crippen molar-refractivity contribution < 1.29 is 0 Å². The molecule has 0 saturated heterocycles. The van der Waals surface area contributed by atoms with Crippen molar-refractivity contribution in [1.29, 1.82) is 0 Å². The Morgan fingerprint density at radius 1 is 0.467 bits per heavy atom. The maximum absolute atomic E-state index is 2.30. The van der Waals surface area contributed by atoms with E-state index in [0.29, 0.717) is 0 Å². The minimum absolute atomic E-state index is 1.07. The van der Waals surface area contributed by atoms with Gasteiger partial charge in [-0.3, -0.25) is 0 Å². The Bertz CT molecular complexity index is 1090. The molecule has 0 saturated carbocycles. The lowest BCUT2D eigenvalue weighted by Crippen LogP contribution is -1.84. The molecule has 0 aromatic heterocycles. The first-order valence-electron chi connectivity index (χ1n) is 10.5. The molecule has 0 atom stereocenters. The average Bonchev–Trinajstić information content (AvgIpc) is 3.49. The number of hydrogen-bond acceptors (Lipinski definition) is 0. The summed E-state index contributed by atoms with van der Waals surface area (Å²) >= 11 is 0. The van der Waals surface area contributed by atoms with Gasteiger partial charge in [-0.25, -0.2) is 0 Å². The molecule has 2 aliphatic rings.